The number of hydrogen-bond acceptors (Lipinski definition) is 5. The molecule has 28 heavy (non-hydrogen) atoms. The minimum absolute atomic E-state index is 0.0127. The van der Waals surface area contributed by atoms with Crippen LogP contribution in [0.2, 0.25) is 0 Å². The van der Waals surface area contributed by atoms with Gasteiger partial charge in [0.2, 0.25) is 0 Å². The van der Waals surface area contributed by atoms with E-state index in [0.29, 0.717) is 18.4 Å². The summed E-state index contributed by atoms with van der Waals surface area (Å²) in [5.41, 5.74) is -0.293. The van der Waals surface area contributed by atoms with E-state index in [-0.39, 0.29) is 40.4 Å². The molecule has 2 saturated heterocycles. The van der Waals surface area contributed by atoms with E-state index in [9.17, 15) is 4.79 Å². The molecule has 4 aliphatic rings. The van der Waals surface area contributed by atoms with Gasteiger partial charge in [-0.25, -0.2) is 0 Å². The summed E-state index contributed by atoms with van der Waals surface area (Å²) in [6, 6.07) is 0. The second-order valence-electron chi connectivity index (χ2n) is 10.9. The normalized spacial score (nSPS) is 50.1. The van der Waals surface area contributed by atoms with Crippen LogP contribution in [-0.4, -0.2) is 43.3 Å². The molecular weight excluding hydrogens is 356 g/mol. The molecule has 4 rings (SSSR count). The van der Waals surface area contributed by atoms with Crippen molar-refractivity contribution in [2.45, 2.75) is 103 Å². The molecule has 2 heterocycles. The van der Waals surface area contributed by atoms with Crippen LogP contribution in [0.5, 0.6) is 0 Å². The summed E-state index contributed by atoms with van der Waals surface area (Å²) in [7, 11) is 1.71. The second kappa shape index (κ2) is 6.68. The maximum Gasteiger partial charge on any atom is 0.302 e. The van der Waals surface area contributed by atoms with Crippen LogP contribution in [0.15, 0.2) is 0 Å². The van der Waals surface area contributed by atoms with Gasteiger partial charge < -0.3 is 18.9 Å². The number of carbonyl (C=O) groups is 1. The summed E-state index contributed by atoms with van der Waals surface area (Å²) in [4.78, 5) is 11.9. The molecule has 2 aliphatic carbocycles. The van der Waals surface area contributed by atoms with Crippen LogP contribution in [-0.2, 0) is 23.7 Å². The molecule has 0 aromatic rings. The summed E-state index contributed by atoms with van der Waals surface area (Å²) in [6.45, 7) is 11.6. The smallest absolute Gasteiger partial charge is 0.302 e. The van der Waals surface area contributed by atoms with E-state index in [1.165, 1.54) is 12.8 Å². The third-order valence-electron chi connectivity index (χ3n) is 8.77. The minimum Gasteiger partial charge on any atom is -0.462 e. The van der Waals surface area contributed by atoms with Gasteiger partial charge in [0.05, 0.1) is 17.8 Å². The van der Waals surface area contributed by atoms with Gasteiger partial charge in [0.25, 0.3) is 0 Å². The molecule has 4 fully saturated rings. The zero-order valence-corrected chi connectivity index (χ0v) is 18.5. The van der Waals surface area contributed by atoms with E-state index in [1.54, 1.807) is 14.0 Å². The molecule has 2 spiro atoms. The molecule has 0 unspecified atom stereocenters. The molecule has 0 aromatic heterocycles. The topological polar surface area (TPSA) is 54.0 Å². The molecule has 2 aliphatic heterocycles. The molecule has 0 bridgehead atoms. The number of hydrogen-bond donors (Lipinski definition) is 0. The van der Waals surface area contributed by atoms with Crippen molar-refractivity contribution in [1.29, 1.82) is 0 Å². The lowest BCUT2D eigenvalue weighted by atomic mass is 9.43. The van der Waals surface area contributed by atoms with E-state index < -0.39 is 0 Å². The van der Waals surface area contributed by atoms with Crippen LogP contribution in [0.4, 0.5) is 0 Å². The molecule has 0 N–H and O–H groups in total. The fourth-order valence-corrected chi connectivity index (χ4v) is 7.75. The Kier molecular flexibility index (Phi) is 4.92. The average molecular weight is 395 g/mol. The van der Waals surface area contributed by atoms with Crippen molar-refractivity contribution in [2.24, 2.45) is 22.7 Å². The van der Waals surface area contributed by atoms with Gasteiger partial charge in [0, 0.05) is 31.8 Å². The Morgan fingerprint density at radius 1 is 1.11 bits per heavy atom. The van der Waals surface area contributed by atoms with Crippen molar-refractivity contribution < 1.29 is 23.7 Å². The van der Waals surface area contributed by atoms with Crippen LogP contribution in [0.3, 0.4) is 0 Å². The second-order valence-corrected chi connectivity index (χ2v) is 10.9. The standard InChI is InChI=1S/C23H38O5/c1-15-12-17(27-16(2)24)19-20(3,4)8-7-9-21(19,5)23(15)11-10-22(28-23)13-18(25-6)26-14-22/h15,17-19H,7-14H2,1-6H3/t15-,17-,18+,19+,21+,22-,23-/m1/s1. The predicted octanol–water partition coefficient (Wildman–Crippen LogP) is 4.47. The number of rotatable bonds is 2. The van der Waals surface area contributed by atoms with Gasteiger partial charge in [0.15, 0.2) is 6.29 Å². The molecule has 7 atom stereocenters. The quantitative estimate of drug-likeness (QED) is 0.647. The molecule has 5 heteroatoms. The van der Waals surface area contributed by atoms with Gasteiger partial charge in [-0.1, -0.05) is 34.1 Å². The zero-order chi connectivity index (χ0) is 20.4. The fraction of sp³-hybridized carbons (Fsp3) is 0.957. The third kappa shape index (κ3) is 2.87. The predicted molar refractivity (Wildman–Crippen MR) is 106 cm³/mol. The van der Waals surface area contributed by atoms with Gasteiger partial charge in [-0.2, -0.15) is 0 Å². The minimum atomic E-state index is -0.224. The summed E-state index contributed by atoms with van der Waals surface area (Å²) in [6.07, 6.45) is 7.11. The maximum atomic E-state index is 11.9. The average Bonchev–Trinajstić information content (AvgIpc) is 3.17. The maximum absolute atomic E-state index is 11.9. The lowest BCUT2D eigenvalue weighted by Gasteiger charge is -2.65. The highest BCUT2D eigenvalue weighted by Gasteiger charge is 2.70. The molecule has 0 radical (unpaired) electrons. The van der Waals surface area contributed by atoms with E-state index in [0.717, 1.165) is 32.1 Å². The van der Waals surface area contributed by atoms with Crippen molar-refractivity contribution in [3.63, 3.8) is 0 Å². The molecule has 5 nitrogen and oxygen atoms in total. The van der Waals surface area contributed by atoms with Crippen LogP contribution in [0.1, 0.15) is 79.6 Å². The van der Waals surface area contributed by atoms with Crippen LogP contribution in [0, 0.1) is 22.7 Å². The molecule has 0 amide bonds. The lowest BCUT2D eigenvalue weighted by Crippen LogP contribution is -2.67. The van der Waals surface area contributed by atoms with E-state index >= 15 is 0 Å². The fourth-order valence-electron chi connectivity index (χ4n) is 7.75. The van der Waals surface area contributed by atoms with Gasteiger partial charge in [0.1, 0.15) is 6.10 Å². The molecular formula is C23H38O5. The number of carbonyl (C=O) groups excluding carboxylic acids is 1. The lowest BCUT2D eigenvalue weighted by molar-refractivity contribution is -0.272. The number of ether oxygens (including phenoxy) is 4. The SMILES string of the molecule is CO[C@@H]1C[C@]2(CC[C@@]3(O2)[C@H](C)C[C@@H](OC(C)=O)[C@H]2C(C)(C)CCC[C@@]23C)CO1. The molecule has 0 aromatic carbocycles. The highest BCUT2D eigenvalue weighted by Crippen LogP contribution is 2.68. The number of esters is 1. The number of methoxy groups -OCH3 is 1. The highest BCUT2D eigenvalue weighted by molar-refractivity contribution is 5.66. The highest BCUT2D eigenvalue weighted by atomic mass is 16.7. The van der Waals surface area contributed by atoms with Crippen molar-refractivity contribution in [3.05, 3.63) is 0 Å². The van der Waals surface area contributed by atoms with E-state index in [4.69, 9.17) is 18.9 Å². The van der Waals surface area contributed by atoms with E-state index in [1.807, 2.05) is 0 Å². The first kappa shape index (κ1) is 20.6. The monoisotopic (exact) mass is 394 g/mol. The van der Waals surface area contributed by atoms with Crippen LogP contribution < -0.4 is 0 Å². The van der Waals surface area contributed by atoms with Crippen molar-refractivity contribution in [3.8, 4) is 0 Å². The summed E-state index contributed by atoms with van der Waals surface area (Å²) >= 11 is 0. The summed E-state index contributed by atoms with van der Waals surface area (Å²) < 4.78 is 24.4. The van der Waals surface area contributed by atoms with Gasteiger partial charge in [-0.05, 0) is 43.4 Å². The molecule has 160 valence electrons. The van der Waals surface area contributed by atoms with Gasteiger partial charge in [-0.15, -0.1) is 0 Å². The van der Waals surface area contributed by atoms with E-state index in [2.05, 4.69) is 27.7 Å². The van der Waals surface area contributed by atoms with Gasteiger partial charge in [-0.3, -0.25) is 4.79 Å². The zero-order valence-electron chi connectivity index (χ0n) is 18.5. The Morgan fingerprint density at radius 2 is 1.86 bits per heavy atom. The Balaban J connectivity index is 1.72. The number of fused-ring (bicyclic) bond motifs is 2. The largest absolute Gasteiger partial charge is 0.462 e. The summed E-state index contributed by atoms with van der Waals surface area (Å²) in [5, 5.41) is 0. The van der Waals surface area contributed by atoms with Gasteiger partial charge >= 0.3 is 5.97 Å². The first-order valence-corrected chi connectivity index (χ1v) is 11.1. The Hall–Kier alpha value is -0.650. The first-order valence-electron chi connectivity index (χ1n) is 11.1. The Bertz CT molecular complexity index is 632. The Labute approximate surface area is 169 Å². The van der Waals surface area contributed by atoms with Crippen molar-refractivity contribution in [2.75, 3.05) is 13.7 Å². The Morgan fingerprint density at radius 3 is 2.50 bits per heavy atom. The third-order valence-corrected chi connectivity index (χ3v) is 8.77. The van der Waals surface area contributed by atoms with Crippen molar-refractivity contribution >= 4 is 5.97 Å². The van der Waals surface area contributed by atoms with Crippen LogP contribution in [0.25, 0.3) is 0 Å². The summed E-state index contributed by atoms with van der Waals surface area (Å²) in [5.74, 6) is 0.491. The van der Waals surface area contributed by atoms with Crippen molar-refractivity contribution in [1.82, 2.24) is 0 Å². The molecule has 2 saturated carbocycles. The van der Waals surface area contributed by atoms with Crippen LogP contribution >= 0.6 is 0 Å². The first-order chi connectivity index (χ1) is 13.1.